The van der Waals surface area contributed by atoms with Gasteiger partial charge in [0.05, 0.1) is 4.90 Å². The molecule has 2 aromatic rings. The molecule has 2 aliphatic carbocycles. The van der Waals surface area contributed by atoms with Crippen molar-refractivity contribution >= 4 is 21.6 Å². The van der Waals surface area contributed by atoms with Crippen molar-refractivity contribution in [2.75, 3.05) is 24.5 Å². The van der Waals surface area contributed by atoms with Gasteiger partial charge in [0.2, 0.25) is 10.0 Å². The van der Waals surface area contributed by atoms with Crippen molar-refractivity contribution in [3.63, 3.8) is 0 Å². The Kier molecular flexibility index (Phi) is 5.17. The highest BCUT2D eigenvalue weighted by molar-refractivity contribution is 7.89. The molecule has 6 rings (SSSR count). The molecule has 1 saturated heterocycles. The molecular weight excluding hydrogens is 470 g/mol. The highest BCUT2D eigenvalue weighted by atomic mass is 32.2. The summed E-state index contributed by atoms with van der Waals surface area (Å²) in [5.41, 5.74) is 2.94. The molecule has 2 aromatic carbocycles. The summed E-state index contributed by atoms with van der Waals surface area (Å²) in [6.45, 7) is 0.160. The number of hydrogen-bond donors (Lipinski definition) is 0. The van der Waals surface area contributed by atoms with Crippen LogP contribution in [0.15, 0.2) is 53.4 Å². The van der Waals surface area contributed by atoms with Crippen molar-refractivity contribution in [3.05, 3.63) is 59.7 Å². The minimum absolute atomic E-state index is 0.0240. The van der Waals surface area contributed by atoms with Gasteiger partial charge in [0.15, 0.2) is 0 Å². The van der Waals surface area contributed by atoms with Gasteiger partial charge in [-0.1, -0.05) is 24.3 Å². The monoisotopic (exact) mass is 500 g/mol. The number of hydrogen-bond acceptors (Lipinski definition) is 3. The first-order chi connectivity index (χ1) is 16.6. The Morgan fingerprint density at radius 2 is 1.49 bits per heavy atom. The maximum atomic E-state index is 13.7. The summed E-state index contributed by atoms with van der Waals surface area (Å²) in [5.74, 6) is -3.05. The molecule has 5 nitrogen and oxygen atoms in total. The van der Waals surface area contributed by atoms with Gasteiger partial charge in [-0.25, -0.2) is 17.2 Å². The number of piperidine rings is 1. The van der Waals surface area contributed by atoms with E-state index in [-0.39, 0.29) is 29.3 Å². The molecule has 2 spiro atoms. The van der Waals surface area contributed by atoms with Crippen molar-refractivity contribution in [1.82, 2.24) is 4.31 Å². The van der Waals surface area contributed by atoms with E-state index in [0.29, 0.717) is 17.5 Å². The van der Waals surface area contributed by atoms with Crippen molar-refractivity contribution in [3.8, 4) is 0 Å². The number of amides is 1. The van der Waals surface area contributed by atoms with E-state index in [4.69, 9.17) is 0 Å². The van der Waals surface area contributed by atoms with E-state index in [0.717, 1.165) is 22.8 Å². The zero-order chi connectivity index (χ0) is 24.5. The normalized spacial score (nSPS) is 24.5. The molecule has 4 aliphatic rings. The van der Waals surface area contributed by atoms with Crippen LogP contribution in [0.2, 0.25) is 0 Å². The topological polar surface area (TPSA) is 57.7 Å². The largest absolute Gasteiger partial charge is 0.307 e. The number of nitrogens with zero attached hydrogens (tertiary/aromatic N) is 2. The minimum Gasteiger partial charge on any atom is -0.307 e. The van der Waals surface area contributed by atoms with Crippen LogP contribution in [0.4, 0.5) is 14.5 Å². The van der Waals surface area contributed by atoms with Gasteiger partial charge in [0.25, 0.3) is 11.8 Å². The van der Waals surface area contributed by atoms with Gasteiger partial charge < -0.3 is 4.90 Å². The first-order valence-corrected chi connectivity index (χ1v) is 14.0. The second-order valence-corrected chi connectivity index (χ2v) is 12.9. The van der Waals surface area contributed by atoms with Crippen molar-refractivity contribution in [2.45, 2.75) is 67.6 Å². The van der Waals surface area contributed by atoms with Crippen LogP contribution in [-0.4, -0.2) is 44.2 Å². The van der Waals surface area contributed by atoms with E-state index in [9.17, 15) is 22.0 Å². The summed E-state index contributed by atoms with van der Waals surface area (Å²) in [4.78, 5) is 15.5. The van der Waals surface area contributed by atoms with Crippen LogP contribution < -0.4 is 4.90 Å². The van der Waals surface area contributed by atoms with Crippen molar-refractivity contribution in [1.29, 1.82) is 0 Å². The zero-order valence-electron chi connectivity index (χ0n) is 19.7. The number of sulfonamides is 1. The second kappa shape index (κ2) is 7.84. The van der Waals surface area contributed by atoms with Crippen LogP contribution in [0.5, 0.6) is 0 Å². The molecule has 0 bridgehead atoms. The molecule has 2 aliphatic heterocycles. The predicted octanol–water partition coefficient (Wildman–Crippen LogP) is 5.36. The standard InChI is InChI=1S/C27H30F2N2O3S/c28-27(29)14-16-30(17-15-27)35(33,34)21-5-3-4-20(18-21)24(32)31-19-26(22-6-1-2-7-23(22)31)12-10-25(8-9-25)11-13-26/h1-7,18H,8-17,19H2. The number of rotatable bonds is 3. The molecule has 2 heterocycles. The molecule has 8 heteroatoms. The summed E-state index contributed by atoms with van der Waals surface area (Å²) in [6.07, 6.45) is 6.21. The van der Waals surface area contributed by atoms with E-state index >= 15 is 0 Å². The molecule has 3 fully saturated rings. The number of benzene rings is 2. The highest BCUT2D eigenvalue weighted by Gasteiger charge is 2.53. The van der Waals surface area contributed by atoms with Gasteiger partial charge in [0.1, 0.15) is 0 Å². The zero-order valence-corrected chi connectivity index (χ0v) is 20.5. The molecule has 1 amide bonds. The van der Waals surface area contributed by atoms with Crippen LogP contribution in [-0.2, 0) is 15.4 Å². The average Bonchev–Trinajstić information content (AvgIpc) is 3.55. The summed E-state index contributed by atoms with van der Waals surface area (Å²) >= 11 is 0. The van der Waals surface area contributed by atoms with Crippen LogP contribution >= 0.6 is 0 Å². The number of carbonyl (C=O) groups is 1. The molecule has 0 aromatic heterocycles. The molecule has 0 atom stereocenters. The molecular formula is C27H30F2N2O3S. The average molecular weight is 501 g/mol. The first-order valence-electron chi connectivity index (χ1n) is 12.5. The van der Waals surface area contributed by atoms with E-state index in [1.165, 1.54) is 43.4 Å². The fourth-order valence-electron chi connectivity index (χ4n) is 6.32. The Morgan fingerprint density at radius 3 is 2.17 bits per heavy atom. The number of carbonyl (C=O) groups excluding carboxylic acids is 1. The lowest BCUT2D eigenvalue weighted by Crippen LogP contribution is -2.42. The van der Waals surface area contributed by atoms with E-state index < -0.39 is 28.8 Å². The van der Waals surface area contributed by atoms with Gasteiger partial charge in [0, 0.05) is 49.1 Å². The number of anilines is 1. The number of alkyl halides is 2. The fourth-order valence-corrected chi connectivity index (χ4v) is 7.81. The van der Waals surface area contributed by atoms with Gasteiger partial charge in [-0.3, -0.25) is 4.79 Å². The van der Waals surface area contributed by atoms with Crippen molar-refractivity contribution < 1.29 is 22.0 Å². The first kappa shape index (κ1) is 23.1. The third kappa shape index (κ3) is 3.89. The maximum absolute atomic E-state index is 13.7. The SMILES string of the molecule is O=C(c1cccc(S(=O)(=O)N2CCC(F)(F)CC2)c1)N1CC2(CCC3(CC3)CC2)c2ccccc21. The van der Waals surface area contributed by atoms with Crippen LogP contribution in [0.1, 0.15) is 67.3 Å². The van der Waals surface area contributed by atoms with Gasteiger partial charge in [-0.2, -0.15) is 4.31 Å². The summed E-state index contributed by atoms with van der Waals surface area (Å²) in [6, 6.07) is 14.1. The Morgan fingerprint density at radius 1 is 0.829 bits per heavy atom. The van der Waals surface area contributed by atoms with Crippen LogP contribution in [0.3, 0.4) is 0 Å². The lowest BCUT2D eigenvalue weighted by atomic mass is 9.66. The maximum Gasteiger partial charge on any atom is 0.258 e. The minimum atomic E-state index is -3.96. The molecule has 0 radical (unpaired) electrons. The Labute approximate surface area is 205 Å². The summed E-state index contributed by atoms with van der Waals surface area (Å²) in [5, 5.41) is 0. The van der Waals surface area contributed by atoms with E-state index in [1.54, 1.807) is 12.1 Å². The van der Waals surface area contributed by atoms with Gasteiger partial charge >= 0.3 is 0 Å². The van der Waals surface area contributed by atoms with Crippen LogP contribution in [0, 0.1) is 5.41 Å². The van der Waals surface area contributed by atoms with Gasteiger partial charge in [-0.15, -0.1) is 0 Å². The van der Waals surface area contributed by atoms with E-state index in [1.807, 2.05) is 23.1 Å². The predicted molar refractivity (Wildman–Crippen MR) is 129 cm³/mol. The summed E-state index contributed by atoms with van der Waals surface area (Å²) in [7, 11) is -3.96. The lowest BCUT2D eigenvalue weighted by Gasteiger charge is -2.38. The van der Waals surface area contributed by atoms with E-state index in [2.05, 4.69) is 6.07 Å². The second-order valence-electron chi connectivity index (χ2n) is 11.0. The number of halogens is 2. The fraction of sp³-hybridized carbons (Fsp3) is 0.519. The van der Waals surface area contributed by atoms with Crippen molar-refractivity contribution in [2.24, 2.45) is 5.41 Å². The summed E-state index contributed by atoms with van der Waals surface area (Å²) < 4.78 is 54.5. The van der Waals surface area contributed by atoms with Gasteiger partial charge in [-0.05, 0) is 73.8 Å². The quantitative estimate of drug-likeness (QED) is 0.570. The number of para-hydroxylation sites is 1. The Bertz CT molecular complexity index is 1270. The molecule has 186 valence electrons. The molecule has 0 N–H and O–H groups in total. The Balaban J connectivity index is 1.27. The molecule has 35 heavy (non-hydrogen) atoms. The third-order valence-corrected chi connectivity index (χ3v) is 10.8. The molecule has 2 saturated carbocycles. The molecule has 0 unspecified atom stereocenters. The smallest absolute Gasteiger partial charge is 0.258 e. The third-order valence-electron chi connectivity index (χ3n) is 8.87. The van der Waals surface area contributed by atoms with Crippen LogP contribution in [0.25, 0.3) is 0 Å². The Hall–Kier alpha value is -2.32. The number of fused-ring (bicyclic) bond motifs is 2. The highest BCUT2D eigenvalue weighted by Crippen LogP contribution is 2.62. The lowest BCUT2D eigenvalue weighted by molar-refractivity contribution is -0.0412.